The second-order valence-electron chi connectivity index (χ2n) is 5.58. The maximum absolute atomic E-state index is 12.2. The van der Waals surface area contributed by atoms with Gasteiger partial charge in [0.1, 0.15) is 0 Å². The lowest BCUT2D eigenvalue weighted by Gasteiger charge is -2.23. The second kappa shape index (κ2) is 5.84. The van der Waals surface area contributed by atoms with E-state index in [2.05, 4.69) is 0 Å². The average Bonchev–Trinajstić information content (AvgIpc) is 3.11. The van der Waals surface area contributed by atoms with E-state index >= 15 is 0 Å². The van der Waals surface area contributed by atoms with Gasteiger partial charge in [0.15, 0.2) is 0 Å². The summed E-state index contributed by atoms with van der Waals surface area (Å²) in [5.41, 5.74) is 1.08. The van der Waals surface area contributed by atoms with Gasteiger partial charge in [0.05, 0.1) is 24.1 Å². The first-order valence-electron chi connectivity index (χ1n) is 7.47. The van der Waals surface area contributed by atoms with Gasteiger partial charge in [-0.3, -0.25) is 9.10 Å². The molecule has 2 aliphatic rings. The Morgan fingerprint density at radius 1 is 1.22 bits per heavy atom. The summed E-state index contributed by atoms with van der Waals surface area (Å²) in [6, 6.07) is 4.77. The number of ether oxygens (including phenoxy) is 1. The SMILES string of the molecule is COC(=O)c1ccc(N2CCCC2=O)cc1N1CCCS1(=O)=O. The third kappa shape index (κ3) is 2.78. The fourth-order valence-electron chi connectivity index (χ4n) is 3.01. The third-order valence-electron chi connectivity index (χ3n) is 4.14. The van der Waals surface area contributed by atoms with Crippen LogP contribution in [0.5, 0.6) is 0 Å². The van der Waals surface area contributed by atoms with Crippen molar-refractivity contribution in [3.05, 3.63) is 23.8 Å². The molecule has 1 amide bonds. The second-order valence-corrected chi connectivity index (χ2v) is 7.60. The summed E-state index contributed by atoms with van der Waals surface area (Å²) < 4.78 is 30.4. The topological polar surface area (TPSA) is 84.0 Å². The normalized spacial score (nSPS) is 20.1. The number of carbonyl (C=O) groups excluding carboxylic acids is 2. The Bertz CT molecular complexity index is 759. The first kappa shape index (κ1) is 15.8. The molecule has 124 valence electrons. The van der Waals surface area contributed by atoms with E-state index in [0.29, 0.717) is 31.6 Å². The molecule has 3 rings (SSSR count). The highest BCUT2D eigenvalue weighted by Gasteiger charge is 2.33. The van der Waals surface area contributed by atoms with Crippen LogP contribution in [-0.2, 0) is 19.6 Å². The fourth-order valence-corrected chi connectivity index (χ4v) is 4.58. The molecule has 1 aromatic carbocycles. The van der Waals surface area contributed by atoms with Crippen molar-refractivity contribution in [1.82, 2.24) is 0 Å². The van der Waals surface area contributed by atoms with Crippen LogP contribution >= 0.6 is 0 Å². The van der Waals surface area contributed by atoms with Gasteiger partial charge in [-0.05, 0) is 31.0 Å². The van der Waals surface area contributed by atoms with E-state index in [0.717, 1.165) is 6.42 Å². The number of sulfonamides is 1. The number of esters is 1. The summed E-state index contributed by atoms with van der Waals surface area (Å²) in [7, 11) is -2.18. The van der Waals surface area contributed by atoms with E-state index in [1.54, 1.807) is 17.0 Å². The molecule has 2 fully saturated rings. The predicted molar refractivity (Wildman–Crippen MR) is 85.1 cm³/mol. The van der Waals surface area contributed by atoms with E-state index in [-0.39, 0.29) is 22.9 Å². The summed E-state index contributed by atoms with van der Waals surface area (Å²) in [4.78, 5) is 25.5. The van der Waals surface area contributed by atoms with Crippen molar-refractivity contribution in [2.75, 3.05) is 35.2 Å². The molecule has 0 atom stereocenters. The number of carbonyl (C=O) groups is 2. The van der Waals surface area contributed by atoms with Crippen molar-refractivity contribution >= 4 is 33.3 Å². The lowest BCUT2D eigenvalue weighted by molar-refractivity contribution is -0.117. The number of hydrogen-bond acceptors (Lipinski definition) is 5. The Balaban J connectivity index is 2.09. The molecule has 0 aliphatic carbocycles. The Kier molecular flexibility index (Phi) is 4.01. The van der Waals surface area contributed by atoms with Crippen LogP contribution in [-0.4, -0.2) is 46.2 Å². The summed E-state index contributed by atoms with van der Waals surface area (Å²) in [6.45, 7) is 0.923. The van der Waals surface area contributed by atoms with Crippen molar-refractivity contribution in [3.8, 4) is 0 Å². The molecule has 23 heavy (non-hydrogen) atoms. The zero-order valence-corrected chi connectivity index (χ0v) is 13.6. The van der Waals surface area contributed by atoms with Gasteiger partial charge < -0.3 is 9.64 Å². The molecule has 0 spiro atoms. The molecule has 1 aromatic rings. The first-order valence-corrected chi connectivity index (χ1v) is 9.08. The highest BCUT2D eigenvalue weighted by atomic mass is 32.2. The Labute approximate surface area is 134 Å². The van der Waals surface area contributed by atoms with Crippen molar-refractivity contribution in [2.45, 2.75) is 19.3 Å². The molecule has 0 bridgehead atoms. The number of hydrogen-bond donors (Lipinski definition) is 0. The van der Waals surface area contributed by atoms with Gasteiger partial charge in [-0.15, -0.1) is 0 Å². The van der Waals surface area contributed by atoms with Crippen LogP contribution in [0.2, 0.25) is 0 Å². The molecule has 0 aromatic heterocycles. The molecular formula is C15H18N2O5S. The average molecular weight is 338 g/mol. The van der Waals surface area contributed by atoms with Gasteiger partial charge >= 0.3 is 5.97 Å². The summed E-state index contributed by atoms with van der Waals surface area (Å²) >= 11 is 0. The fraction of sp³-hybridized carbons (Fsp3) is 0.467. The Morgan fingerprint density at radius 2 is 2.00 bits per heavy atom. The standard InChI is InChI=1S/C15H18N2O5S/c1-22-15(19)12-6-5-11(16-7-2-4-14(16)18)10-13(12)17-8-3-9-23(17,20)21/h5-6,10H,2-4,7-9H2,1H3. The molecule has 8 heteroatoms. The maximum atomic E-state index is 12.2. The number of benzene rings is 1. The van der Waals surface area contributed by atoms with Crippen molar-refractivity contribution in [3.63, 3.8) is 0 Å². The van der Waals surface area contributed by atoms with E-state index < -0.39 is 16.0 Å². The molecular weight excluding hydrogens is 320 g/mol. The van der Waals surface area contributed by atoms with Crippen LogP contribution in [0, 0.1) is 0 Å². The smallest absolute Gasteiger partial charge is 0.340 e. The van der Waals surface area contributed by atoms with Gasteiger partial charge in [0.2, 0.25) is 15.9 Å². The van der Waals surface area contributed by atoms with Crippen molar-refractivity contribution < 1.29 is 22.7 Å². The highest BCUT2D eigenvalue weighted by Crippen LogP contribution is 2.33. The van der Waals surface area contributed by atoms with Crippen LogP contribution in [0.15, 0.2) is 18.2 Å². The Hall–Kier alpha value is -2.09. The molecule has 7 nitrogen and oxygen atoms in total. The van der Waals surface area contributed by atoms with Crippen molar-refractivity contribution in [2.24, 2.45) is 0 Å². The number of anilines is 2. The summed E-state index contributed by atoms with van der Waals surface area (Å²) in [5, 5.41) is 0. The predicted octanol–water partition coefficient (Wildman–Crippen LogP) is 1.14. The van der Waals surface area contributed by atoms with Gasteiger partial charge in [0.25, 0.3) is 0 Å². The first-order chi connectivity index (χ1) is 10.9. The van der Waals surface area contributed by atoms with Crippen molar-refractivity contribution in [1.29, 1.82) is 0 Å². The van der Waals surface area contributed by atoms with Gasteiger partial charge in [-0.1, -0.05) is 0 Å². The van der Waals surface area contributed by atoms with Crippen LogP contribution in [0.4, 0.5) is 11.4 Å². The third-order valence-corrected chi connectivity index (χ3v) is 6.00. The van der Waals surface area contributed by atoms with E-state index in [1.807, 2.05) is 0 Å². The minimum Gasteiger partial charge on any atom is -0.465 e. The van der Waals surface area contributed by atoms with Crippen LogP contribution < -0.4 is 9.21 Å². The van der Waals surface area contributed by atoms with E-state index in [4.69, 9.17) is 4.74 Å². The van der Waals surface area contributed by atoms with Gasteiger partial charge in [-0.25, -0.2) is 13.2 Å². The molecule has 0 saturated carbocycles. The zero-order chi connectivity index (χ0) is 16.6. The maximum Gasteiger partial charge on any atom is 0.340 e. The number of methoxy groups -OCH3 is 1. The van der Waals surface area contributed by atoms with Crippen LogP contribution in [0.1, 0.15) is 29.6 Å². The van der Waals surface area contributed by atoms with Crippen LogP contribution in [0.3, 0.4) is 0 Å². The zero-order valence-electron chi connectivity index (χ0n) is 12.8. The lowest BCUT2D eigenvalue weighted by Crippen LogP contribution is -2.28. The highest BCUT2D eigenvalue weighted by molar-refractivity contribution is 7.93. The number of rotatable bonds is 3. The summed E-state index contributed by atoms with van der Waals surface area (Å²) in [6.07, 6.45) is 1.76. The minimum absolute atomic E-state index is 0.00560. The van der Waals surface area contributed by atoms with E-state index in [1.165, 1.54) is 17.5 Å². The van der Waals surface area contributed by atoms with Crippen LogP contribution in [0.25, 0.3) is 0 Å². The monoisotopic (exact) mass is 338 g/mol. The Morgan fingerprint density at radius 3 is 2.57 bits per heavy atom. The molecule has 2 aliphatic heterocycles. The van der Waals surface area contributed by atoms with Gasteiger partial charge in [-0.2, -0.15) is 0 Å². The number of nitrogens with zero attached hydrogens (tertiary/aromatic N) is 2. The van der Waals surface area contributed by atoms with Gasteiger partial charge in [0, 0.05) is 25.2 Å². The largest absolute Gasteiger partial charge is 0.465 e. The molecule has 0 N–H and O–H groups in total. The van der Waals surface area contributed by atoms with E-state index in [9.17, 15) is 18.0 Å². The molecule has 0 radical (unpaired) electrons. The lowest BCUT2D eigenvalue weighted by atomic mass is 10.1. The number of amides is 1. The molecule has 0 unspecified atom stereocenters. The molecule has 2 saturated heterocycles. The minimum atomic E-state index is -3.44. The molecule has 2 heterocycles. The summed E-state index contributed by atoms with van der Waals surface area (Å²) in [5.74, 6) is -0.534. The quantitative estimate of drug-likeness (QED) is 0.772.